The Bertz CT molecular complexity index is 1030. The van der Waals surface area contributed by atoms with Crippen molar-refractivity contribution < 1.29 is 17.9 Å². The lowest BCUT2D eigenvalue weighted by molar-refractivity contribution is 0.0976. The number of rotatable bonds is 5. The summed E-state index contributed by atoms with van der Waals surface area (Å²) in [5.41, 5.74) is 0.870. The number of pyridine rings is 1. The Morgan fingerprint density at radius 3 is 2.72 bits per heavy atom. The van der Waals surface area contributed by atoms with Crippen molar-refractivity contribution in [3.05, 3.63) is 72.1 Å². The minimum absolute atomic E-state index is 0.0324. The number of aromatic nitrogens is 1. The van der Waals surface area contributed by atoms with Gasteiger partial charge in [0.2, 0.25) is 0 Å². The minimum atomic E-state index is -4.03. The van der Waals surface area contributed by atoms with E-state index >= 15 is 0 Å². The third-order valence-electron chi connectivity index (χ3n) is 3.72. The number of ether oxygens (including phenoxy) is 1. The largest absolute Gasteiger partial charge is 0.380 e. The second-order valence-corrected chi connectivity index (χ2v) is 7.03. The van der Waals surface area contributed by atoms with Crippen LogP contribution in [0.4, 0.5) is 0 Å². The van der Waals surface area contributed by atoms with Crippen LogP contribution in [0.5, 0.6) is 0 Å². The first kappa shape index (κ1) is 17.1. The predicted octanol–water partition coefficient (Wildman–Crippen LogP) is 2.50. The topological polar surface area (TPSA) is 85.4 Å². The van der Waals surface area contributed by atoms with Gasteiger partial charge >= 0.3 is 0 Å². The average Bonchev–Trinajstić information content (AvgIpc) is 2.61. The maximum Gasteiger partial charge on any atom is 0.265 e. The Kier molecular flexibility index (Phi) is 4.78. The molecule has 1 heterocycles. The first-order valence-corrected chi connectivity index (χ1v) is 8.98. The van der Waals surface area contributed by atoms with E-state index in [-0.39, 0.29) is 17.1 Å². The monoisotopic (exact) mass is 356 g/mol. The van der Waals surface area contributed by atoms with E-state index in [1.165, 1.54) is 19.4 Å². The number of sulfonamides is 1. The van der Waals surface area contributed by atoms with Crippen LogP contribution in [0.2, 0.25) is 0 Å². The molecule has 0 radical (unpaired) electrons. The SMILES string of the molecule is COCc1ccccc1C(=O)NS(=O)(=O)c1cccc2cnccc12. The molecule has 0 atom stereocenters. The summed E-state index contributed by atoms with van der Waals surface area (Å²) < 4.78 is 32.6. The summed E-state index contributed by atoms with van der Waals surface area (Å²) in [6.45, 7) is 0.212. The van der Waals surface area contributed by atoms with Crippen molar-refractivity contribution in [2.24, 2.45) is 0 Å². The van der Waals surface area contributed by atoms with Gasteiger partial charge in [-0.15, -0.1) is 0 Å². The first-order chi connectivity index (χ1) is 12.0. The lowest BCUT2D eigenvalue weighted by Crippen LogP contribution is -2.31. The molecular weight excluding hydrogens is 340 g/mol. The highest BCUT2D eigenvalue weighted by Crippen LogP contribution is 2.22. The summed E-state index contributed by atoms with van der Waals surface area (Å²) >= 11 is 0. The van der Waals surface area contributed by atoms with E-state index in [2.05, 4.69) is 9.71 Å². The Hall–Kier alpha value is -2.77. The number of hydrogen-bond acceptors (Lipinski definition) is 5. The van der Waals surface area contributed by atoms with E-state index < -0.39 is 15.9 Å². The number of carbonyl (C=O) groups excluding carboxylic acids is 1. The highest BCUT2D eigenvalue weighted by molar-refractivity contribution is 7.90. The zero-order valence-corrected chi connectivity index (χ0v) is 14.3. The number of methoxy groups -OCH3 is 1. The van der Waals surface area contributed by atoms with Crippen LogP contribution >= 0.6 is 0 Å². The highest BCUT2D eigenvalue weighted by Gasteiger charge is 2.22. The minimum Gasteiger partial charge on any atom is -0.380 e. The van der Waals surface area contributed by atoms with Gasteiger partial charge in [0.1, 0.15) is 0 Å². The zero-order valence-electron chi connectivity index (χ0n) is 13.5. The fraction of sp³-hybridized carbons (Fsp3) is 0.111. The summed E-state index contributed by atoms with van der Waals surface area (Å²) in [7, 11) is -2.52. The molecule has 3 rings (SSSR count). The fourth-order valence-corrected chi connectivity index (χ4v) is 3.78. The molecule has 0 bridgehead atoms. The van der Waals surface area contributed by atoms with Crippen molar-refractivity contribution in [2.75, 3.05) is 7.11 Å². The van der Waals surface area contributed by atoms with Gasteiger partial charge in [0.15, 0.2) is 0 Å². The van der Waals surface area contributed by atoms with Gasteiger partial charge in [-0.3, -0.25) is 9.78 Å². The smallest absolute Gasteiger partial charge is 0.265 e. The van der Waals surface area contributed by atoms with Gasteiger partial charge in [0, 0.05) is 35.8 Å². The van der Waals surface area contributed by atoms with Gasteiger partial charge in [-0.05, 0) is 23.8 Å². The molecule has 0 aliphatic rings. The Labute approximate surface area is 145 Å². The number of nitrogens with one attached hydrogen (secondary N) is 1. The predicted molar refractivity (Wildman–Crippen MR) is 93.6 cm³/mol. The van der Waals surface area contributed by atoms with E-state index in [0.29, 0.717) is 16.3 Å². The van der Waals surface area contributed by atoms with Gasteiger partial charge in [-0.2, -0.15) is 0 Å². The standard InChI is InChI=1S/C18H16N2O4S/c1-24-12-14-5-2-3-7-16(14)18(21)20-25(22,23)17-8-4-6-13-11-19-10-9-15(13)17/h2-11H,12H2,1H3,(H,20,21). The molecule has 25 heavy (non-hydrogen) atoms. The van der Waals surface area contributed by atoms with E-state index in [0.717, 1.165) is 0 Å². The molecule has 1 aromatic heterocycles. The molecule has 0 unspecified atom stereocenters. The second kappa shape index (κ2) is 7.00. The summed E-state index contributed by atoms with van der Waals surface area (Å²) in [6.07, 6.45) is 3.08. The Morgan fingerprint density at radius 2 is 1.92 bits per heavy atom. The average molecular weight is 356 g/mol. The van der Waals surface area contributed by atoms with Crippen molar-refractivity contribution in [3.63, 3.8) is 0 Å². The molecule has 0 saturated heterocycles. The van der Waals surface area contributed by atoms with E-state index in [9.17, 15) is 13.2 Å². The van der Waals surface area contributed by atoms with E-state index in [1.54, 1.807) is 48.7 Å². The first-order valence-electron chi connectivity index (χ1n) is 7.49. The van der Waals surface area contributed by atoms with Crippen LogP contribution in [-0.4, -0.2) is 26.4 Å². The van der Waals surface area contributed by atoms with Gasteiger partial charge < -0.3 is 4.74 Å². The molecule has 0 fully saturated rings. The van der Waals surface area contributed by atoms with Crippen molar-refractivity contribution >= 4 is 26.7 Å². The van der Waals surface area contributed by atoms with Crippen molar-refractivity contribution in [3.8, 4) is 0 Å². The quantitative estimate of drug-likeness (QED) is 0.759. The fourth-order valence-electron chi connectivity index (χ4n) is 2.58. The summed E-state index contributed by atoms with van der Waals surface area (Å²) in [4.78, 5) is 16.5. The van der Waals surface area contributed by atoms with Crippen LogP contribution in [0, 0.1) is 0 Å². The number of carbonyl (C=O) groups is 1. The normalized spacial score (nSPS) is 11.4. The van der Waals surface area contributed by atoms with Crippen molar-refractivity contribution in [1.82, 2.24) is 9.71 Å². The number of amides is 1. The molecule has 0 aliphatic heterocycles. The van der Waals surface area contributed by atoms with Crippen LogP contribution in [0.3, 0.4) is 0 Å². The molecule has 7 heteroatoms. The molecule has 6 nitrogen and oxygen atoms in total. The number of hydrogen-bond donors (Lipinski definition) is 1. The van der Waals surface area contributed by atoms with Gasteiger partial charge in [-0.25, -0.2) is 13.1 Å². The molecule has 3 aromatic rings. The molecule has 1 N–H and O–H groups in total. The van der Waals surface area contributed by atoms with Crippen molar-refractivity contribution in [1.29, 1.82) is 0 Å². The lowest BCUT2D eigenvalue weighted by atomic mass is 10.1. The molecule has 0 spiro atoms. The van der Waals surface area contributed by atoms with Gasteiger partial charge in [0.05, 0.1) is 11.5 Å². The molecule has 1 amide bonds. The Morgan fingerprint density at radius 1 is 1.12 bits per heavy atom. The molecule has 0 saturated carbocycles. The molecule has 128 valence electrons. The van der Waals surface area contributed by atoms with E-state index in [4.69, 9.17) is 4.74 Å². The highest BCUT2D eigenvalue weighted by atomic mass is 32.2. The number of nitrogens with zero attached hydrogens (tertiary/aromatic N) is 1. The van der Waals surface area contributed by atoms with E-state index in [1.807, 2.05) is 0 Å². The van der Waals surface area contributed by atoms with Crippen LogP contribution in [-0.2, 0) is 21.4 Å². The molecule has 2 aromatic carbocycles. The zero-order chi connectivity index (χ0) is 17.9. The Balaban J connectivity index is 1.98. The third-order valence-corrected chi connectivity index (χ3v) is 5.11. The van der Waals surface area contributed by atoms with Crippen LogP contribution in [0.1, 0.15) is 15.9 Å². The lowest BCUT2D eigenvalue weighted by Gasteiger charge is -2.11. The molecular formula is C18H16N2O4S. The van der Waals surface area contributed by atoms with Gasteiger partial charge in [0.25, 0.3) is 15.9 Å². The van der Waals surface area contributed by atoms with Crippen LogP contribution < -0.4 is 4.72 Å². The van der Waals surface area contributed by atoms with Crippen LogP contribution in [0.15, 0.2) is 65.8 Å². The van der Waals surface area contributed by atoms with Crippen molar-refractivity contribution in [2.45, 2.75) is 11.5 Å². The molecule has 0 aliphatic carbocycles. The second-order valence-electron chi connectivity index (χ2n) is 5.38. The summed E-state index contributed by atoms with van der Waals surface area (Å²) in [5, 5.41) is 1.18. The summed E-state index contributed by atoms with van der Waals surface area (Å²) in [6, 6.07) is 13.1. The number of benzene rings is 2. The maximum absolute atomic E-state index is 12.7. The third kappa shape index (κ3) is 3.52. The van der Waals surface area contributed by atoms with Crippen LogP contribution in [0.25, 0.3) is 10.8 Å². The number of fused-ring (bicyclic) bond motifs is 1. The van der Waals surface area contributed by atoms with Gasteiger partial charge in [-0.1, -0.05) is 30.3 Å². The maximum atomic E-state index is 12.7. The summed E-state index contributed by atoms with van der Waals surface area (Å²) in [5.74, 6) is -0.696.